The molecule has 0 bridgehead atoms. The summed E-state index contributed by atoms with van der Waals surface area (Å²) < 4.78 is 11.5. The predicted octanol–water partition coefficient (Wildman–Crippen LogP) is 1.62. The Balaban J connectivity index is 1.34. The molecule has 2 saturated heterocycles. The highest BCUT2D eigenvalue weighted by Gasteiger charge is 2.43. The minimum absolute atomic E-state index is 0.155. The molecule has 0 amide bonds. The van der Waals surface area contributed by atoms with Crippen molar-refractivity contribution in [1.82, 2.24) is 26.2 Å². The topological polar surface area (TPSA) is 69.8 Å². The van der Waals surface area contributed by atoms with Gasteiger partial charge >= 0.3 is 0 Å². The van der Waals surface area contributed by atoms with E-state index in [1.165, 1.54) is 45.2 Å². The Hall–Kier alpha value is -0.540. The number of hydrogen-bond acceptors (Lipinski definition) is 7. The maximum Gasteiger partial charge on any atom is 0.113 e. The van der Waals surface area contributed by atoms with E-state index in [2.05, 4.69) is 46.2 Å². The molecule has 3 heterocycles. The molecule has 1 saturated carbocycles. The summed E-state index contributed by atoms with van der Waals surface area (Å²) in [6, 6.07) is 1.01. The molecule has 7 atom stereocenters. The lowest BCUT2D eigenvalue weighted by Crippen LogP contribution is -2.68. The van der Waals surface area contributed by atoms with Crippen molar-refractivity contribution in [2.24, 2.45) is 11.8 Å². The van der Waals surface area contributed by atoms with Crippen molar-refractivity contribution in [2.45, 2.75) is 82.5 Å². The zero-order chi connectivity index (χ0) is 21.6. The van der Waals surface area contributed by atoms with Crippen LogP contribution in [0.1, 0.15) is 51.9 Å². The van der Waals surface area contributed by atoms with E-state index in [0.717, 1.165) is 32.6 Å². The van der Waals surface area contributed by atoms with Crippen molar-refractivity contribution < 1.29 is 9.47 Å². The van der Waals surface area contributed by atoms with Crippen LogP contribution in [0, 0.1) is 11.8 Å². The van der Waals surface area contributed by atoms with Gasteiger partial charge in [0.2, 0.25) is 0 Å². The number of hydrogen-bond donors (Lipinski definition) is 4. The van der Waals surface area contributed by atoms with E-state index in [4.69, 9.17) is 9.47 Å². The molecule has 3 aliphatic heterocycles. The molecule has 7 heteroatoms. The highest BCUT2D eigenvalue weighted by Crippen LogP contribution is 2.42. The lowest BCUT2D eigenvalue weighted by atomic mass is 9.72. The first-order chi connectivity index (χ1) is 15.1. The summed E-state index contributed by atoms with van der Waals surface area (Å²) in [6.45, 7) is 7.39. The molecule has 1 aliphatic carbocycles. The molecule has 7 unspecified atom stereocenters. The van der Waals surface area contributed by atoms with Gasteiger partial charge in [-0.15, -0.1) is 0 Å². The van der Waals surface area contributed by atoms with E-state index in [-0.39, 0.29) is 6.29 Å². The number of rotatable bonds is 8. The number of nitrogens with zero attached hydrogens (tertiary/aromatic N) is 1. The molecule has 4 aliphatic rings. The molecule has 4 rings (SSSR count). The molecule has 3 fully saturated rings. The molecule has 7 nitrogen and oxygen atoms in total. The van der Waals surface area contributed by atoms with Crippen LogP contribution in [0.15, 0.2) is 11.6 Å². The van der Waals surface area contributed by atoms with Crippen molar-refractivity contribution in [3.8, 4) is 0 Å². The van der Waals surface area contributed by atoms with Crippen LogP contribution in [-0.4, -0.2) is 82.5 Å². The molecule has 178 valence electrons. The average Bonchev–Trinajstić information content (AvgIpc) is 3.11. The van der Waals surface area contributed by atoms with E-state index in [1.54, 1.807) is 12.7 Å². The molecular weight excluding hydrogens is 390 g/mol. The van der Waals surface area contributed by atoms with Crippen LogP contribution in [-0.2, 0) is 9.47 Å². The van der Waals surface area contributed by atoms with Gasteiger partial charge in [-0.2, -0.15) is 0 Å². The maximum atomic E-state index is 6.29. The Bertz CT molecular complexity index is 588. The fourth-order valence-electron chi connectivity index (χ4n) is 6.08. The van der Waals surface area contributed by atoms with E-state index in [9.17, 15) is 0 Å². The van der Waals surface area contributed by atoms with Crippen LogP contribution in [0.2, 0.25) is 0 Å². The van der Waals surface area contributed by atoms with Gasteiger partial charge in [0, 0.05) is 51.4 Å². The molecule has 0 aromatic carbocycles. The minimum Gasteiger partial charge on any atom is -0.385 e. The van der Waals surface area contributed by atoms with Gasteiger partial charge < -0.3 is 19.7 Å². The van der Waals surface area contributed by atoms with Gasteiger partial charge in [0.1, 0.15) is 6.29 Å². The second kappa shape index (κ2) is 11.5. The number of methoxy groups -OCH3 is 1. The molecule has 0 aromatic rings. The van der Waals surface area contributed by atoms with Gasteiger partial charge in [-0.05, 0) is 71.4 Å². The Morgan fingerprint density at radius 3 is 3.00 bits per heavy atom. The number of fused-ring (bicyclic) bond motifs is 1. The normalized spacial score (nSPS) is 39.7. The van der Waals surface area contributed by atoms with Crippen LogP contribution < -0.4 is 21.3 Å². The van der Waals surface area contributed by atoms with Gasteiger partial charge in [-0.3, -0.25) is 16.0 Å². The zero-order valence-corrected chi connectivity index (χ0v) is 19.9. The van der Waals surface area contributed by atoms with Crippen LogP contribution in [0.4, 0.5) is 0 Å². The SMILES string of the molecule is COCCCNC1CC(C)NC(NC2CC3CCOC3C(C3=CCCN(C)CC3)C2)N1. The molecule has 31 heavy (non-hydrogen) atoms. The second-order valence-electron chi connectivity index (χ2n) is 10.2. The summed E-state index contributed by atoms with van der Waals surface area (Å²) in [5.74, 6) is 1.27. The summed E-state index contributed by atoms with van der Waals surface area (Å²) in [5.41, 5.74) is 1.66. The van der Waals surface area contributed by atoms with Crippen molar-refractivity contribution >= 4 is 0 Å². The van der Waals surface area contributed by atoms with E-state index < -0.39 is 0 Å². The zero-order valence-electron chi connectivity index (χ0n) is 19.9. The third kappa shape index (κ3) is 6.50. The van der Waals surface area contributed by atoms with Crippen LogP contribution in [0.5, 0.6) is 0 Å². The average molecular weight is 436 g/mol. The lowest BCUT2D eigenvalue weighted by Gasteiger charge is -2.43. The third-order valence-corrected chi connectivity index (χ3v) is 7.69. The van der Waals surface area contributed by atoms with Crippen LogP contribution in [0.3, 0.4) is 0 Å². The molecule has 0 spiro atoms. The third-order valence-electron chi connectivity index (χ3n) is 7.69. The summed E-state index contributed by atoms with van der Waals surface area (Å²) in [4.78, 5) is 2.46. The first-order valence-corrected chi connectivity index (χ1v) is 12.6. The molecule has 0 aromatic heterocycles. The fraction of sp³-hybridized carbons (Fsp3) is 0.917. The molecule has 0 radical (unpaired) electrons. The van der Waals surface area contributed by atoms with Gasteiger partial charge in [0.25, 0.3) is 0 Å². The quantitative estimate of drug-likeness (QED) is 0.341. The lowest BCUT2D eigenvalue weighted by molar-refractivity contribution is 0.0174. The van der Waals surface area contributed by atoms with Gasteiger partial charge in [0.15, 0.2) is 0 Å². The van der Waals surface area contributed by atoms with Crippen LogP contribution in [0.25, 0.3) is 0 Å². The van der Waals surface area contributed by atoms with Gasteiger partial charge in [-0.1, -0.05) is 11.6 Å². The Labute approximate surface area is 189 Å². The summed E-state index contributed by atoms with van der Waals surface area (Å²) in [6.07, 6.45) is 11.6. The monoisotopic (exact) mass is 435 g/mol. The van der Waals surface area contributed by atoms with Crippen molar-refractivity contribution in [3.05, 3.63) is 11.6 Å². The summed E-state index contributed by atoms with van der Waals surface area (Å²) in [7, 11) is 4.02. The van der Waals surface area contributed by atoms with Gasteiger partial charge in [0.05, 0.1) is 12.3 Å². The Kier molecular flexibility index (Phi) is 8.79. The van der Waals surface area contributed by atoms with Crippen molar-refractivity contribution in [1.29, 1.82) is 0 Å². The van der Waals surface area contributed by atoms with E-state index >= 15 is 0 Å². The van der Waals surface area contributed by atoms with Gasteiger partial charge in [-0.25, -0.2) is 0 Å². The highest BCUT2D eigenvalue weighted by atomic mass is 16.5. The van der Waals surface area contributed by atoms with Crippen LogP contribution >= 0.6 is 0 Å². The molecule has 4 N–H and O–H groups in total. The summed E-state index contributed by atoms with van der Waals surface area (Å²) >= 11 is 0. The minimum atomic E-state index is 0.155. The highest BCUT2D eigenvalue weighted by molar-refractivity contribution is 5.15. The fourth-order valence-corrected chi connectivity index (χ4v) is 6.08. The standard InChI is InChI=1S/C24H45N5O2/c1-17-14-22(25-9-5-12-30-3)28-24(26-17)27-20-15-19-8-13-31-23(19)21(16-20)18-6-4-10-29(2)11-7-18/h6,17,19-28H,4-5,7-16H2,1-3H3. The van der Waals surface area contributed by atoms with Crippen molar-refractivity contribution in [2.75, 3.05) is 47.0 Å². The first-order valence-electron chi connectivity index (χ1n) is 12.6. The van der Waals surface area contributed by atoms with E-state index in [1.807, 2.05) is 0 Å². The summed E-state index contributed by atoms with van der Waals surface area (Å²) in [5, 5.41) is 15.1. The maximum absolute atomic E-state index is 6.29. The smallest absolute Gasteiger partial charge is 0.113 e. The van der Waals surface area contributed by atoms with Crippen molar-refractivity contribution in [3.63, 3.8) is 0 Å². The molecular formula is C24H45N5O2. The Morgan fingerprint density at radius 1 is 1.23 bits per heavy atom. The first kappa shape index (κ1) is 23.6. The predicted molar refractivity (Wildman–Crippen MR) is 125 cm³/mol. The Morgan fingerprint density at radius 2 is 2.13 bits per heavy atom. The largest absolute Gasteiger partial charge is 0.385 e. The second-order valence-corrected chi connectivity index (χ2v) is 10.2. The van der Waals surface area contributed by atoms with E-state index in [0.29, 0.717) is 36.2 Å². The number of ether oxygens (including phenoxy) is 2. The number of nitrogens with one attached hydrogen (secondary N) is 4.